The number of carbonyl (C=O) groups is 1. The molecule has 8 nitrogen and oxygen atoms in total. The third-order valence-electron chi connectivity index (χ3n) is 2.16. The average Bonchev–Trinajstić information content (AvgIpc) is 3.07. The summed E-state index contributed by atoms with van der Waals surface area (Å²) >= 11 is 0. The van der Waals surface area contributed by atoms with E-state index in [-0.39, 0.29) is 10.6 Å². The molecule has 1 aromatic rings. The molecule has 1 heterocycles. The van der Waals surface area contributed by atoms with Gasteiger partial charge in [0.05, 0.1) is 4.92 Å². The van der Waals surface area contributed by atoms with E-state index in [1.54, 1.807) is 0 Å². The van der Waals surface area contributed by atoms with Gasteiger partial charge in [-0.05, 0) is 6.07 Å². The maximum atomic E-state index is 11.7. The van der Waals surface area contributed by atoms with Gasteiger partial charge in [-0.1, -0.05) is 6.07 Å². The third kappa shape index (κ3) is 2.53. The van der Waals surface area contributed by atoms with Crippen LogP contribution in [-0.4, -0.2) is 32.0 Å². The first kappa shape index (κ1) is 12.6. The van der Waals surface area contributed by atoms with Crippen LogP contribution < -0.4 is 0 Å². The van der Waals surface area contributed by atoms with Crippen molar-refractivity contribution in [3.8, 4) is 0 Å². The van der Waals surface area contributed by atoms with Crippen molar-refractivity contribution in [2.24, 2.45) is 0 Å². The molecule has 0 aliphatic carbocycles. The van der Waals surface area contributed by atoms with Crippen molar-refractivity contribution in [3.05, 3.63) is 34.4 Å². The van der Waals surface area contributed by atoms with Gasteiger partial charge in [-0.25, -0.2) is 4.18 Å². The summed E-state index contributed by atoms with van der Waals surface area (Å²) in [6.45, 7) is 0. The highest BCUT2D eigenvalue weighted by atomic mass is 32.2. The molecule has 0 saturated carbocycles. The number of nitro groups is 1. The molecule has 0 radical (unpaired) electrons. The number of ether oxygens (including phenoxy) is 1. The fourth-order valence-electron chi connectivity index (χ4n) is 1.22. The monoisotopic (exact) mass is 273 g/mol. The molecule has 1 aliphatic heterocycles. The lowest BCUT2D eigenvalue weighted by Crippen LogP contribution is -2.11. The molecule has 1 saturated heterocycles. The molecule has 1 fully saturated rings. The van der Waals surface area contributed by atoms with Crippen LogP contribution in [0.15, 0.2) is 29.2 Å². The minimum Gasteiger partial charge on any atom is -0.332 e. The first-order valence-corrected chi connectivity index (χ1v) is 6.13. The molecule has 0 N–H and O–H groups in total. The van der Waals surface area contributed by atoms with E-state index in [1.165, 1.54) is 6.07 Å². The molecular formula is C9H7NO7S. The second-order valence-electron chi connectivity index (χ2n) is 3.41. The molecule has 0 amide bonds. The lowest BCUT2D eigenvalue weighted by Gasteiger charge is -2.02. The zero-order valence-corrected chi connectivity index (χ0v) is 9.57. The quantitative estimate of drug-likeness (QED) is 0.248. The number of aldehydes is 1. The Bertz CT molecular complexity index is 597. The van der Waals surface area contributed by atoms with Crippen LogP contribution in [0.2, 0.25) is 0 Å². The fourth-order valence-corrected chi connectivity index (χ4v) is 2.24. The Kier molecular flexibility index (Phi) is 3.11. The number of hydrogen-bond donors (Lipinski definition) is 0. The van der Waals surface area contributed by atoms with Crippen LogP contribution in [0.25, 0.3) is 0 Å². The summed E-state index contributed by atoms with van der Waals surface area (Å²) in [5, 5.41) is 10.5. The topological polar surface area (TPSA) is 116 Å². The van der Waals surface area contributed by atoms with E-state index in [0.29, 0.717) is 6.29 Å². The van der Waals surface area contributed by atoms with Crippen molar-refractivity contribution in [2.45, 2.75) is 17.3 Å². The van der Waals surface area contributed by atoms with Crippen LogP contribution >= 0.6 is 0 Å². The summed E-state index contributed by atoms with van der Waals surface area (Å²) in [5.74, 6) is 0. The van der Waals surface area contributed by atoms with Crippen molar-refractivity contribution in [1.82, 2.24) is 0 Å². The molecule has 1 aromatic carbocycles. The molecule has 96 valence electrons. The molecule has 9 heteroatoms. The van der Waals surface area contributed by atoms with E-state index in [2.05, 4.69) is 8.92 Å². The Hall–Kier alpha value is -1.84. The zero-order valence-electron chi connectivity index (χ0n) is 8.75. The Morgan fingerprint density at radius 1 is 1.44 bits per heavy atom. The molecule has 0 aromatic heterocycles. The maximum Gasteiger partial charge on any atom is 0.299 e. The minimum absolute atomic E-state index is 0.364. The van der Waals surface area contributed by atoms with Gasteiger partial charge >= 0.3 is 0 Å². The van der Waals surface area contributed by atoms with Crippen molar-refractivity contribution in [3.63, 3.8) is 0 Å². The highest BCUT2D eigenvalue weighted by Gasteiger charge is 2.44. The van der Waals surface area contributed by atoms with Gasteiger partial charge in [-0.3, -0.25) is 10.1 Å². The van der Waals surface area contributed by atoms with Crippen molar-refractivity contribution >= 4 is 22.1 Å². The highest BCUT2D eigenvalue weighted by molar-refractivity contribution is 7.86. The third-order valence-corrected chi connectivity index (χ3v) is 3.43. The number of carbonyl (C=O) groups excluding carboxylic acids is 1. The first-order chi connectivity index (χ1) is 8.44. The van der Waals surface area contributed by atoms with E-state index in [9.17, 15) is 23.3 Å². The van der Waals surface area contributed by atoms with Crippen molar-refractivity contribution < 1.29 is 27.1 Å². The summed E-state index contributed by atoms with van der Waals surface area (Å²) < 4.78 is 32.5. The minimum atomic E-state index is -4.18. The lowest BCUT2D eigenvalue weighted by atomic mass is 10.3. The van der Waals surface area contributed by atoms with E-state index >= 15 is 0 Å². The van der Waals surface area contributed by atoms with E-state index < -0.39 is 27.4 Å². The Balaban J connectivity index is 2.22. The number of benzene rings is 1. The van der Waals surface area contributed by atoms with Gasteiger partial charge < -0.3 is 9.53 Å². The summed E-state index contributed by atoms with van der Waals surface area (Å²) in [4.78, 5) is 19.7. The molecule has 1 unspecified atom stereocenters. The number of hydrogen-bond acceptors (Lipinski definition) is 7. The molecule has 0 bridgehead atoms. The first-order valence-electron chi connectivity index (χ1n) is 4.72. The molecule has 0 spiro atoms. The van der Waals surface area contributed by atoms with E-state index in [0.717, 1.165) is 18.2 Å². The number of nitrogens with zero attached hydrogens (tertiary/aromatic N) is 1. The summed E-state index contributed by atoms with van der Waals surface area (Å²) in [6.07, 6.45) is -1.64. The van der Waals surface area contributed by atoms with Gasteiger partial charge in [-0.15, -0.1) is 0 Å². The van der Waals surface area contributed by atoms with Crippen LogP contribution in [0.4, 0.5) is 5.69 Å². The van der Waals surface area contributed by atoms with Crippen molar-refractivity contribution in [1.29, 1.82) is 0 Å². The van der Waals surface area contributed by atoms with Crippen LogP contribution in [-0.2, 0) is 23.8 Å². The normalized spacial score (nSPS) is 22.4. The standard InChI is InChI=1S/C9H7NO7S/c11-5-8-9(16-8)17-18(14,15)7-3-1-2-6(4-7)10(12)13/h1-5,8-9H/t8?,9-/m0/s1. The summed E-state index contributed by atoms with van der Waals surface area (Å²) in [7, 11) is -4.18. The predicted molar refractivity (Wildman–Crippen MR) is 56.1 cm³/mol. The fraction of sp³-hybridized carbons (Fsp3) is 0.222. The summed E-state index contributed by atoms with van der Waals surface area (Å²) in [5.41, 5.74) is -0.372. The number of epoxide rings is 1. The van der Waals surface area contributed by atoms with Crippen molar-refractivity contribution in [2.75, 3.05) is 0 Å². The second kappa shape index (κ2) is 4.44. The van der Waals surface area contributed by atoms with E-state index in [4.69, 9.17) is 0 Å². The van der Waals surface area contributed by atoms with Gasteiger partial charge in [0.1, 0.15) is 4.90 Å². The van der Waals surface area contributed by atoms with Crippen LogP contribution in [0.3, 0.4) is 0 Å². The average molecular weight is 273 g/mol. The number of non-ortho nitro benzene ring substituents is 1. The second-order valence-corrected chi connectivity index (χ2v) is 4.98. The summed E-state index contributed by atoms with van der Waals surface area (Å²) in [6, 6.07) is 4.40. The van der Waals surface area contributed by atoms with Gasteiger partial charge in [-0.2, -0.15) is 8.42 Å². The smallest absolute Gasteiger partial charge is 0.299 e. The number of nitro benzene ring substituents is 1. The van der Waals surface area contributed by atoms with Gasteiger partial charge in [0.2, 0.25) is 6.29 Å². The SMILES string of the molecule is O=CC1O[C@H]1OS(=O)(=O)c1cccc([N+](=O)[O-])c1. The van der Waals surface area contributed by atoms with Crippen LogP contribution in [0.5, 0.6) is 0 Å². The van der Waals surface area contributed by atoms with Crippen LogP contribution in [0, 0.1) is 10.1 Å². The lowest BCUT2D eigenvalue weighted by molar-refractivity contribution is -0.385. The Morgan fingerprint density at radius 2 is 2.17 bits per heavy atom. The van der Waals surface area contributed by atoms with Gasteiger partial charge in [0, 0.05) is 12.1 Å². The predicted octanol–water partition coefficient (Wildman–Crippen LogP) is 0.224. The van der Waals surface area contributed by atoms with Crippen LogP contribution in [0.1, 0.15) is 0 Å². The Labute approximate surface area is 101 Å². The molecule has 2 rings (SSSR count). The number of rotatable bonds is 5. The van der Waals surface area contributed by atoms with E-state index in [1.807, 2.05) is 0 Å². The molecular weight excluding hydrogens is 266 g/mol. The van der Waals surface area contributed by atoms with Gasteiger partial charge in [0.25, 0.3) is 15.8 Å². The molecule has 18 heavy (non-hydrogen) atoms. The van der Waals surface area contributed by atoms with Gasteiger partial charge in [0.15, 0.2) is 12.4 Å². The molecule has 2 atom stereocenters. The molecule has 1 aliphatic rings. The zero-order chi connectivity index (χ0) is 13.3. The maximum absolute atomic E-state index is 11.7. The Morgan fingerprint density at radius 3 is 2.72 bits per heavy atom. The highest BCUT2D eigenvalue weighted by Crippen LogP contribution is 2.27. The largest absolute Gasteiger partial charge is 0.332 e.